The highest BCUT2D eigenvalue weighted by Crippen LogP contribution is 2.50. The topological polar surface area (TPSA) is 135 Å². The molecule has 0 bridgehead atoms. The molecule has 2 amide bonds. The first-order valence-electron chi connectivity index (χ1n) is 11.4. The Kier molecular flexibility index (Phi) is 7.27. The Balaban J connectivity index is 1.88. The Morgan fingerprint density at radius 3 is 2.46 bits per heavy atom. The Bertz CT molecular complexity index is 1390. The van der Waals surface area contributed by atoms with Crippen LogP contribution in [0.3, 0.4) is 0 Å². The number of amides is 2. The lowest BCUT2D eigenvalue weighted by Gasteiger charge is -2.32. The number of nitriles is 1. The van der Waals surface area contributed by atoms with Crippen molar-refractivity contribution in [3.8, 4) is 11.8 Å². The predicted molar refractivity (Wildman–Crippen MR) is 139 cm³/mol. The highest BCUT2D eigenvalue weighted by atomic mass is 32.2. The number of anilines is 1. The van der Waals surface area contributed by atoms with Crippen LogP contribution in [0.25, 0.3) is 0 Å². The molecule has 9 nitrogen and oxygen atoms in total. The molecular weight excluding hydrogens is 492 g/mol. The fraction of sp³-hybridized carbons (Fsp3) is 0.259. The van der Waals surface area contributed by atoms with Crippen molar-refractivity contribution in [3.63, 3.8) is 0 Å². The minimum atomic E-state index is -0.848. The van der Waals surface area contributed by atoms with Gasteiger partial charge in [0.05, 0.1) is 48.8 Å². The number of ether oxygens (including phenoxy) is 2. The SMILES string of the molecule is COC(=O)CC1SC2=C(C(=O)Nc3ccc(C)cc3C)C(c3ccc(OC)cc3)C(C#N)=C(N)N2C1=O. The van der Waals surface area contributed by atoms with E-state index in [1.807, 2.05) is 26.0 Å². The summed E-state index contributed by atoms with van der Waals surface area (Å²) in [5.74, 6) is -1.83. The van der Waals surface area contributed by atoms with Gasteiger partial charge in [-0.2, -0.15) is 5.26 Å². The van der Waals surface area contributed by atoms with Crippen LogP contribution in [0.1, 0.15) is 29.0 Å². The molecule has 0 radical (unpaired) electrons. The number of nitrogens with two attached hydrogens (primary N) is 1. The van der Waals surface area contributed by atoms with Crippen molar-refractivity contribution in [3.05, 3.63) is 81.2 Å². The van der Waals surface area contributed by atoms with Crippen molar-refractivity contribution in [2.75, 3.05) is 19.5 Å². The van der Waals surface area contributed by atoms with Gasteiger partial charge in [-0.05, 0) is 43.2 Å². The lowest BCUT2D eigenvalue weighted by atomic mass is 9.82. The van der Waals surface area contributed by atoms with E-state index in [4.69, 9.17) is 15.2 Å². The molecule has 2 unspecified atom stereocenters. The number of allylic oxidation sites excluding steroid dienone is 1. The number of carbonyl (C=O) groups excluding carboxylic acids is 3. The predicted octanol–water partition coefficient (Wildman–Crippen LogP) is 3.46. The summed E-state index contributed by atoms with van der Waals surface area (Å²) >= 11 is 1.07. The molecule has 2 aliphatic heterocycles. The van der Waals surface area contributed by atoms with E-state index in [1.165, 1.54) is 12.0 Å². The molecule has 0 spiro atoms. The molecule has 10 heteroatoms. The van der Waals surface area contributed by atoms with Gasteiger partial charge in [0.25, 0.3) is 5.91 Å². The summed E-state index contributed by atoms with van der Waals surface area (Å²) in [7, 11) is 2.78. The van der Waals surface area contributed by atoms with Crippen LogP contribution in [0.5, 0.6) is 5.75 Å². The number of esters is 1. The monoisotopic (exact) mass is 518 g/mol. The number of nitrogens with zero attached hydrogens (tertiary/aromatic N) is 2. The van der Waals surface area contributed by atoms with Crippen LogP contribution in [0.2, 0.25) is 0 Å². The number of nitrogens with one attached hydrogen (secondary N) is 1. The normalized spacial score (nSPS) is 18.9. The third kappa shape index (κ3) is 4.78. The first kappa shape index (κ1) is 25.9. The van der Waals surface area contributed by atoms with Crippen molar-refractivity contribution < 1.29 is 23.9 Å². The van der Waals surface area contributed by atoms with Crippen molar-refractivity contribution in [2.24, 2.45) is 5.73 Å². The summed E-state index contributed by atoms with van der Waals surface area (Å²) in [6, 6.07) is 14.7. The maximum Gasteiger partial charge on any atom is 0.307 e. The molecule has 2 aromatic carbocycles. The van der Waals surface area contributed by atoms with Crippen molar-refractivity contribution >= 4 is 35.2 Å². The zero-order valence-corrected chi connectivity index (χ0v) is 21.6. The summed E-state index contributed by atoms with van der Waals surface area (Å²) in [5, 5.41) is 12.5. The molecular formula is C27H26N4O5S. The number of carbonyl (C=O) groups is 3. The Labute approximate surface area is 218 Å². The first-order chi connectivity index (χ1) is 17.7. The molecule has 2 aliphatic rings. The number of thioether (sulfide) groups is 1. The van der Waals surface area contributed by atoms with E-state index in [0.29, 0.717) is 22.0 Å². The van der Waals surface area contributed by atoms with Gasteiger partial charge in [0.1, 0.15) is 16.8 Å². The standard InChI is InChI=1S/C27H26N4O5S/c1-14-5-10-19(15(2)11-14)30-25(33)23-22(16-6-8-17(35-3)9-7-16)18(13-28)24(29)31-26(34)20(37-27(23)31)12-21(32)36-4/h5-11,20,22H,12,29H2,1-4H3,(H,30,33). The second-order valence-corrected chi connectivity index (χ2v) is 9.86. The van der Waals surface area contributed by atoms with Gasteiger partial charge >= 0.3 is 5.97 Å². The van der Waals surface area contributed by atoms with Gasteiger partial charge in [-0.25, -0.2) is 0 Å². The molecule has 190 valence electrons. The summed E-state index contributed by atoms with van der Waals surface area (Å²) in [6.07, 6.45) is -0.200. The molecule has 37 heavy (non-hydrogen) atoms. The highest BCUT2D eigenvalue weighted by Gasteiger charge is 2.48. The van der Waals surface area contributed by atoms with Gasteiger partial charge in [0.15, 0.2) is 0 Å². The lowest BCUT2D eigenvalue weighted by Crippen LogP contribution is -2.39. The van der Waals surface area contributed by atoms with Gasteiger partial charge in [-0.1, -0.05) is 41.6 Å². The quantitative estimate of drug-likeness (QED) is 0.555. The minimum Gasteiger partial charge on any atom is -0.497 e. The van der Waals surface area contributed by atoms with Crippen LogP contribution in [0.4, 0.5) is 5.69 Å². The number of aryl methyl sites for hydroxylation is 2. The number of fused-ring (bicyclic) bond motifs is 1. The van der Waals surface area contributed by atoms with Crippen LogP contribution >= 0.6 is 11.8 Å². The average molecular weight is 519 g/mol. The molecule has 1 fully saturated rings. The van der Waals surface area contributed by atoms with Crippen LogP contribution < -0.4 is 15.8 Å². The summed E-state index contributed by atoms with van der Waals surface area (Å²) in [6.45, 7) is 3.84. The van der Waals surface area contributed by atoms with Gasteiger partial charge in [-0.15, -0.1) is 0 Å². The molecule has 0 aliphatic carbocycles. The van der Waals surface area contributed by atoms with Crippen LogP contribution in [-0.2, 0) is 19.1 Å². The van der Waals surface area contributed by atoms with E-state index >= 15 is 0 Å². The summed E-state index contributed by atoms with van der Waals surface area (Å²) in [4.78, 5) is 40.4. The summed E-state index contributed by atoms with van der Waals surface area (Å²) < 4.78 is 10.0. The Hall–Kier alpha value is -4.23. The smallest absolute Gasteiger partial charge is 0.307 e. The lowest BCUT2D eigenvalue weighted by molar-refractivity contribution is -0.142. The van der Waals surface area contributed by atoms with Crippen molar-refractivity contribution in [1.29, 1.82) is 5.26 Å². The molecule has 2 atom stereocenters. The zero-order valence-electron chi connectivity index (χ0n) is 20.8. The van der Waals surface area contributed by atoms with E-state index in [1.54, 1.807) is 37.4 Å². The third-order valence-electron chi connectivity index (χ3n) is 6.30. The number of hydrogen-bond donors (Lipinski definition) is 2. The average Bonchev–Trinajstić information content (AvgIpc) is 3.20. The number of methoxy groups -OCH3 is 2. The van der Waals surface area contributed by atoms with E-state index in [0.717, 1.165) is 22.9 Å². The van der Waals surface area contributed by atoms with E-state index < -0.39 is 29.0 Å². The van der Waals surface area contributed by atoms with E-state index in [-0.39, 0.29) is 23.4 Å². The van der Waals surface area contributed by atoms with Crippen molar-refractivity contribution in [1.82, 2.24) is 4.90 Å². The van der Waals surface area contributed by atoms with Crippen LogP contribution in [-0.4, -0.2) is 42.2 Å². The Morgan fingerprint density at radius 1 is 1.16 bits per heavy atom. The van der Waals surface area contributed by atoms with E-state index in [9.17, 15) is 19.6 Å². The highest BCUT2D eigenvalue weighted by molar-refractivity contribution is 8.04. The second-order valence-electron chi connectivity index (χ2n) is 8.67. The maximum absolute atomic E-state index is 13.9. The van der Waals surface area contributed by atoms with Crippen LogP contribution in [0.15, 0.2) is 64.5 Å². The third-order valence-corrected chi connectivity index (χ3v) is 7.58. The maximum atomic E-state index is 13.9. The molecule has 1 saturated heterocycles. The zero-order chi connectivity index (χ0) is 26.9. The van der Waals surface area contributed by atoms with Gasteiger partial charge < -0.3 is 20.5 Å². The number of benzene rings is 2. The molecule has 3 N–H and O–H groups in total. The fourth-order valence-electron chi connectivity index (χ4n) is 4.42. The van der Waals surface area contributed by atoms with Gasteiger partial charge in [0, 0.05) is 5.69 Å². The molecule has 0 saturated carbocycles. The minimum absolute atomic E-state index is 0.0624. The van der Waals surface area contributed by atoms with Crippen molar-refractivity contribution in [2.45, 2.75) is 31.4 Å². The number of hydrogen-bond acceptors (Lipinski definition) is 8. The van der Waals surface area contributed by atoms with E-state index in [2.05, 4.69) is 11.4 Å². The molecule has 0 aromatic heterocycles. The second kappa shape index (κ2) is 10.4. The Morgan fingerprint density at radius 2 is 1.86 bits per heavy atom. The largest absolute Gasteiger partial charge is 0.497 e. The number of rotatable bonds is 6. The molecule has 2 heterocycles. The molecule has 4 rings (SSSR count). The van der Waals surface area contributed by atoms with Gasteiger partial charge in [-0.3, -0.25) is 19.3 Å². The fourth-order valence-corrected chi connectivity index (χ4v) is 5.74. The van der Waals surface area contributed by atoms with Crippen LogP contribution in [0, 0.1) is 25.2 Å². The van der Waals surface area contributed by atoms with Gasteiger partial charge in [0.2, 0.25) is 5.91 Å². The summed E-state index contributed by atoms with van der Waals surface area (Å²) in [5.41, 5.74) is 9.77. The molecule has 2 aromatic rings. The first-order valence-corrected chi connectivity index (χ1v) is 12.3.